The number of benzene rings is 1. The predicted molar refractivity (Wildman–Crippen MR) is 130 cm³/mol. The minimum atomic E-state index is -0.390. The van der Waals surface area contributed by atoms with Crippen molar-refractivity contribution in [3.05, 3.63) is 59.9 Å². The number of anilines is 1. The van der Waals surface area contributed by atoms with Crippen LogP contribution < -0.4 is 5.73 Å². The molecular weight excluding hydrogens is 444 g/mol. The van der Waals surface area contributed by atoms with Gasteiger partial charge in [-0.15, -0.1) is 0 Å². The van der Waals surface area contributed by atoms with Crippen molar-refractivity contribution >= 4 is 11.7 Å². The quantitative estimate of drug-likeness (QED) is 0.434. The molecule has 180 valence electrons. The molecule has 1 amide bonds. The molecule has 0 unspecified atom stereocenters. The lowest BCUT2D eigenvalue weighted by atomic mass is 9.77. The van der Waals surface area contributed by atoms with E-state index in [9.17, 15) is 4.79 Å². The Balaban J connectivity index is 1.42. The molecule has 10 nitrogen and oxygen atoms in total. The Morgan fingerprint density at radius 1 is 1.17 bits per heavy atom. The maximum absolute atomic E-state index is 12.0. The van der Waals surface area contributed by atoms with Crippen molar-refractivity contribution < 1.29 is 9.32 Å². The molecule has 1 aliphatic rings. The number of carbonyl (C=O) groups excluding carboxylic acids is 1. The average molecular weight is 473 g/mol. The minimum absolute atomic E-state index is 0.0456. The Bertz CT molecular complexity index is 1370. The largest absolute Gasteiger partial charge is 0.382 e. The summed E-state index contributed by atoms with van der Waals surface area (Å²) in [4.78, 5) is 27.0. The van der Waals surface area contributed by atoms with E-state index in [0.717, 1.165) is 35.4 Å². The third-order valence-electron chi connectivity index (χ3n) is 6.68. The molecular formula is C25H28N8O2. The summed E-state index contributed by atoms with van der Waals surface area (Å²) in [6, 6.07) is 8.31. The van der Waals surface area contributed by atoms with E-state index in [1.165, 1.54) is 4.90 Å². The zero-order valence-electron chi connectivity index (χ0n) is 20.3. The van der Waals surface area contributed by atoms with Crippen LogP contribution in [-0.2, 0) is 16.8 Å². The van der Waals surface area contributed by atoms with Crippen LogP contribution in [0.1, 0.15) is 36.8 Å². The summed E-state index contributed by atoms with van der Waals surface area (Å²) in [6.45, 7) is 4.22. The van der Waals surface area contributed by atoms with E-state index in [1.807, 2.05) is 6.92 Å². The molecule has 1 aliphatic carbocycles. The van der Waals surface area contributed by atoms with Crippen LogP contribution in [0.5, 0.6) is 0 Å². The smallest absolute Gasteiger partial charge is 0.261 e. The number of likely N-dealkylation sites (N-methyl/N-ethyl adjacent to an activating group) is 1. The predicted octanol–water partition coefficient (Wildman–Crippen LogP) is 3.08. The summed E-state index contributed by atoms with van der Waals surface area (Å²) < 4.78 is 7.21. The van der Waals surface area contributed by atoms with Crippen LogP contribution in [-0.4, -0.2) is 54.8 Å². The summed E-state index contributed by atoms with van der Waals surface area (Å²) in [7, 11) is 3.43. The van der Waals surface area contributed by atoms with Crippen molar-refractivity contribution in [3.63, 3.8) is 0 Å². The van der Waals surface area contributed by atoms with Crippen molar-refractivity contribution in [2.75, 3.05) is 19.8 Å². The van der Waals surface area contributed by atoms with Crippen LogP contribution in [0.2, 0.25) is 0 Å². The van der Waals surface area contributed by atoms with Gasteiger partial charge in [0.15, 0.2) is 5.82 Å². The van der Waals surface area contributed by atoms with Crippen LogP contribution in [0.15, 0.2) is 47.4 Å². The maximum atomic E-state index is 12.0. The molecule has 0 spiro atoms. The summed E-state index contributed by atoms with van der Waals surface area (Å²) in [5, 5.41) is 8.64. The molecule has 2 N–H and O–H groups in total. The molecule has 1 aromatic carbocycles. The van der Waals surface area contributed by atoms with Gasteiger partial charge in [0.05, 0.1) is 34.8 Å². The van der Waals surface area contributed by atoms with Crippen molar-refractivity contribution in [3.8, 4) is 22.7 Å². The number of nitrogen functional groups attached to an aromatic ring is 1. The fourth-order valence-electron chi connectivity index (χ4n) is 4.36. The first-order valence-corrected chi connectivity index (χ1v) is 11.5. The van der Waals surface area contributed by atoms with Crippen molar-refractivity contribution in [1.29, 1.82) is 0 Å². The molecule has 1 saturated carbocycles. The van der Waals surface area contributed by atoms with Gasteiger partial charge in [-0.3, -0.25) is 14.5 Å². The first kappa shape index (κ1) is 22.7. The second-order valence-corrected chi connectivity index (χ2v) is 9.42. The molecule has 3 heterocycles. The van der Waals surface area contributed by atoms with Gasteiger partial charge in [-0.25, -0.2) is 4.98 Å². The Kier molecular flexibility index (Phi) is 5.58. The van der Waals surface area contributed by atoms with Crippen LogP contribution in [0.4, 0.5) is 5.82 Å². The monoisotopic (exact) mass is 472 g/mol. The van der Waals surface area contributed by atoms with Gasteiger partial charge in [-0.1, -0.05) is 29.4 Å². The van der Waals surface area contributed by atoms with Crippen molar-refractivity contribution in [2.24, 2.45) is 5.92 Å². The number of carbonyl (C=O) groups is 1. The summed E-state index contributed by atoms with van der Waals surface area (Å²) >= 11 is 0. The van der Waals surface area contributed by atoms with Gasteiger partial charge in [0, 0.05) is 25.9 Å². The molecule has 10 heteroatoms. The number of rotatable bonds is 7. The van der Waals surface area contributed by atoms with Gasteiger partial charge in [-0.05, 0) is 38.2 Å². The Morgan fingerprint density at radius 3 is 2.57 bits per heavy atom. The highest BCUT2D eigenvalue weighted by atomic mass is 16.5. The second kappa shape index (κ2) is 8.61. The van der Waals surface area contributed by atoms with Gasteiger partial charge >= 0.3 is 0 Å². The average Bonchev–Trinajstić information content (AvgIpc) is 3.39. The highest BCUT2D eigenvalue weighted by molar-refractivity contribution is 5.75. The Hall–Kier alpha value is -4.08. The van der Waals surface area contributed by atoms with Crippen LogP contribution in [0, 0.1) is 12.8 Å². The third kappa shape index (κ3) is 4.27. The lowest BCUT2D eigenvalue weighted by Crippen LogP contribution is -2.28. The molecule has 0 aliphatic heterocycles. The molecule has 4 aromatic rings. The summed E-state index contributed by atoms with van der Waals surface area (Å²) in [6.07, 6.45) is 7.17. The highest BCUT2D eigenvalue weighted by Gasteiger charge is 2.47. The lowest BCUT2D eigenvalue weighted by molar-refractivity contribution is -0.129. The van der Waals surface area contributed by atoms with Crippen molar-refractivity contribution in [1.82, 2.24) is 34.8 Å². The fourth-order valence-corrected chi connectivity index (χ4v) is 4.36. The first-order valence-electron chi connectivity index (χ1n) is 11.5. The molecule has 1 fully saturated rings. The summed E-state index contributed by atoms with van der Waals surface area (Å²) in [5.74, 6) is 1.82. The lowest BCUT2D eigenvalue weighted by Gasteiger charge is -2.27. The maximum Gasteiger partial charge on any atom is 0.261 e. The van der Waals surface area contributed by atoms with E-state index >= 15 is 0 Å². The number of nitrogens with zero attached hydrogens (tertiary/aromatic N) is 7. The number of aryl methyl sites for hydroxylation is 1. The number of aromatic nitrogens is 6. The van der Waals surface area contributed by atoms with Gasteiger partial charge < -0.3 is 15.2 Å². The Labute approximate surface area is 203 Å². The first-order chi connectivity index (χ1) is 16.8. The number of hydrogen-bond acceptors (Lipinski definition) is 8. The van der Waals surface area contributed by atoms with E-state index in [-0.39, 0.29) is 17.9 Å². The van der Waals surface area contributed by atoms with Crippen LogP contribution >= 0.6 is 0 Å². The van der Waals surface area contributed by atoms with Gasteiger partial charge in [0.2, 0.25) is 5.91 Å². The van der Waals surface area contributed by atoms with E-state index in [2.05, 4.69) is 51.4 Å². The molecule has 0 radical (unpaired) electrons. The molecule has 0 saturated heterocycles. The van der Waals surface area contributed by atoms with E-state index < -0.39 is 0 Å². The number of hydrogen-bond donors (Lipinski definition) is 1. The molecule has 5 rings (SSSR count). The van der Waals surface area contributed by atoms with E-state index in [0.29, 0.717) is 29.0 Å². The molecule has 0 bridgehead atoms. The second-order valence-electron chi connectivity index (χ2n) is 9.42. The molecule has 35 heavy (non-hydrogen) atoms. The van der Waals surface area contributed by atoms with E-state index in [4.69, 9.17) is 15.2 Å². The van der Waals surface area contributed by atoms with E-state index in [1.54, 1.807) is 37.4 Å². The van der Waals surface area contributed by atoms with Crippen LogP contribution in [0.25, 0.3) is 22.7 Å². The minimum Gasteiger partial charge on any atom is -0.382 e. The van der Waals surface area contributed by atoms with Gasteiger partial charge in [-0.2, -0.15) is 10.1 Å². The number of nitrogens with two attached hydrogens (primary N) is 1. The number of amides is 1. The molecule has 3 aromatic heterocycles. The zero-order chi connectivity index (χ0) is 24.7. The fraction of sp³-hybridized carbons (Fsp3) is 0.360. The van der Waals surface area contributed by atoms with Crippen LogP contribution in [0.3, 0.4) is 0 Å². The zero-order valence-corrected chi connectivity index (χ0v) is 20.3. The van der Waals surface area contributed by atoms with Gasteiger partial charge in [0.25, 0.3) is 5.89 Å². The normalized spacial score (nSPS) is 15.1. The summed E-state index contributed by atoms with van der Waals surface area (Å²) in [5.41, 5.74) is 9.74. The topological polar surface area (TPSA) is 129 Å². The van der Waals surface area contributed by atoms with Crippen molar-refractivity contribution in [2.45, 2.75) is 38.6 Å². The highest BCUT2D eigenvalue weighted by Crippen LogP contribution is 2.50. The van der Waals surface area contributed by atoms with Gasteiger partial charge in [0.1, 0.15) is 12.4 Å². The Morgan fingerprint density at radius 2 is 1.91 bits per heavy atom. The third-order valence-corrected chi connectivity index (χ3v) is 6.68. The standard InChI is InChI=1S/C25H28N8O2/c1-15-22(27-12-20(26)29-15)16-5-7-18(8-6-16)25(2,19-9-10-19)24-30-23(35-31-24)17-11-28-33(13-17)14-21(34)32(3)4/h5-8,11-13,19H,9-10,14H2,1-4H3,(H2,26,29)/t25-/m0/s1. The SMILES string of the molecule is Cc1nc(N)cnc1-c1ccc([C@](C)(c2noc(-c3cnn(CC(=O)N(C)C)c3)n2)C2CC2)cc1. The molecule has 1 atom stereocenters.